The molecular weight excluding hydrogens is 280 g/mol. The fourth-order valence-electron chi connectivity index (χ4n) is 3.25. The lowest BCUT2D eigenvalue weighted by Gasteiger charge is -2.37. The number of hydrogen-bond acceptors (Lipinski definition) is 4. The Bertz CT molecular complexity index is 884. The first kappa shape index (κ1) is 13.1. The molecule has 1 aliphatic rings. The fourth-order valence-corrected chi connectivity index (χ4v) is 3.25. The van der Waals surface area contributed by atoms with Gasteiger partial charge in [-0.05, 0) is 31.3 Å². The highest BCUT2D eigenvalue weighted by molar-refractivity contribution is 5.83. The third kappa shape index (κ3) is 1.64. The molecule has 2 aromatic heterocycles. The summed E-state index contributed by atoms with van der Waals surface area (Å²) in [5.41, 5.74) is 1.56. The molecule has 0 radical (unpaired) electrons. The molecule has 0 bridgehead atoms. The van der Waals surface area contributed by atoms with Crippen LogP contribution in [0, 0.1) is 0 Å². The van der Waals surface area contributed by atoms with Gasteiger partial charge in [0.05, 0.1) is 11.2 Å². The molecule has 0 spiro atoms. The van der Waals surface area contributed by atoms with E-state index in [9.17, 15) is 4.79 Å². The number of imidazole rings is 1. The van der Waals surface area contributed by atoms with Gasteiger partial charge in [0.1, 0.15) is 23.4 Å². The van der Waals surface area contributed by atoms with Crippen molar-refractivity contribution >= 4 is 11.0 Å². The summed E-state index contributed by atoms with van der Waals surface area (Å²) < 4.78 is 7.75. The van der Waals surface area contributed by atoms with Crippen LogP contribution < -0.4 is 15.7 Å². The topological polar surface area (TPSA) is 71.9 Å². The Morgan fingerprint density at radius 1 is 1.36 bits per heavy atom. The number of aromatic amines is 1. The van der Waals surface area contributed by atoms with Crippen LogP contribution in [-0.4, -0.2) is 34.7 Å². The molecular formula is C16H16N4O2. The van der Waals surface area contributed by atoms with Gasteiger partial charge in [-0.25, -0.2) is 4.79 Å². The van der Waals surface area contributed by atoms with Crippen LogP contribution in [0.25, 0.3) is 11.0 Å². The highest BCUT2D eigenvalue weighted by Crippen LogP contribution is 2.36. The van der Waals surface area contributed by atoms with Gasteiger partial charge in [0.15, 0.2) is 0 Å². The van der Waals surface area contributed by atoms with Gasteiger partial charge in [0.2, 0.25) is 0 Å². The molecule has 1 aliphatic heterocycles. The Kier molecular flexibility index (Phi) is 2.80. The number of ether oxygens (including phenoxy) is 1. The van der Waals surface area contributed by atoms with Crippen LogP contribution in [0.4, 0.5) is 0 Å². The number of aromatic nitrogens is 3. The molecule has 0 fully saturated rings. The van der Waals surface area contributed by atoms with E-state index < -0.39 is 5.54 Å². The summed E-state index contributed by atoms with van der Waals surface area (Å²) in [6, 6.07) is 11.4. The normalized spacial score (nSPS) is 20.0. The minimum Gasteiger partial charge on any atom is -0.488 e. The van der Waals surface area contributed by atoms with Crippen molar-refractivity contribution < 1.29 is 4.74 Å². The van der Waals surface area contributed by atoms with E-state index in [1.54, 1.807) is 10.8 Å². The average molecular weight is 296 g/mol. The summed E-state index contributed by atoms with van der Waals surface area (Å²) in [6.45, 7) is 0.903. The highest BCUT2D eigenvalue weighted by atomic mass is 16.5. The summed E-state index contributed by atoms with van der Waals surface area (Å²) in [4.78, 5) is 20.0. The van der Waals surface area contributed by atoms with Gasteiger partial charge in [-0.1, -0.05) is 12.1 Å². The molecule has 4 rings (SSSR count). The monoisotopic (exact) mass is 296 g/mol. The van der Waals surface area contributed by atoms with Crippen molar-refractivity contribution in [2.45, 2.75) is 5.54 Å². The van der Waals surface area contributed by atoms with Gasteiger partial charge < -0.3 is 15.0 Å². The lowest BCUT2D eigenvalue weighted by atomic mass is 9.93. The van der Waals surface area contributed by atoms with Crippen LogP contribution >= 0.6 is 0 Å². The van der Waals surface area contributed by atoms with E-state index in [-0.39, 0.29) is 5.69 Å². The molecule has 3 aromatic rings. The van der Waals surface area contributed by atoms with Gasteiger partial charge >= 0.3 is 5.69 Å². The summed E-state index contributed by atoms with van der Waals surface area (Å²) in [6.07, 6.45) is 1.74. The van der Waals surface area contributed by atoms with Crippen molar-refractivity contribution in [3.05, 3.63) is 58.8 Å². The van der Waals surface area contributed by atoms with Crippen LogP contribution in [0.3, 0.4) is 0 Å². The fraction of sp³-hybridized carbons (Fsp3) is 0.250. The number of H-pyrrole nitrogens is 1. The van der Waals surface area contributed by atoms with Gasteiger partial charge in [-0.2, -0.15) is 0 Å². The number of para-hydroxylation sites is 1. The Balaban J connectivity index is 2.08. The number of nitrogens with one attached hydrogen (secondary N) is 2. The molecule has 3 heterocycles. The molecule has 6 nitrogen and oxygen atoms in total. The lowest BCUT2D eigenvalue weighted by Crippen LogP contribution is -2.53. The van der Waals surface area contributed by atoms with Crippen molar-refractivity contribution in [2.24, 2.45) is 0 Å². The molecule has 0 saturated carbocycles. The zero-order chi connectivity index (χ0) is 15.2. The van der Waals surface area contributed by atoms with Gasteiger partial charge in [0.25, 0.3) is 0 Å². The Labute approximate surface area is 126 Å². The van der Waals surface area contributed by atoms with E-state index in [2.05, 4.69) is 15.3 Å². The molecule has 6 heteroatoms. The molecule has 2 N–H and O–H groups in total. The predicted octanol–water partition coefficient (Wildman–Crippen LogP) is 1.08. The van der Waals surface area contributed by atoms with E-state index in [1.807, 2.05) is 43.4 Å². The zero-order valence-corrected chi connectivity index (χ0v) is 12.2. The summed E-state index contributed by atoms with van der Waals surface area (Å²) in [5.74, 6) is 0.721. The van der Waals surface area contributed by atoms with Gasteiger partial charge in [0, 0.05) is 12.7 Å². The summed E-state index contributed by atoms with van der Waals surface area (Å²) >= 11 is 0. The smallest absolute Gasteiger partial charge is 0.327 e. The third-order valence-electron chi connectivity index (χ3n) is 4.17. The summed E-state index contributed by atoms with van der Waals surface area (Å²) in [7, 11) is 1.86. The molecule has 0 amide bonds. The number of pyridine rings is 1. The molecule has 22 heavy (non-hydrogen) atoms. The maximum Gasteiger partial charge on any atom is 0.327 e. The second-order valence-corrected chi connectivity index (χ2v) is 5.48. The number of rotatable bonds is 3. The first-order valence-corrected chi connectivity index (χ1v) is 7.19. The number of benzene rings is 1. The van der Waals surface area contributed by atoms with Crippen molar-refractivity contribution in [1.29, 1.82) is 0 Å². The van der Waals surface area contributed by atoms with Gasteiger partial charge in [-0.3, -0.25) is 9.55 Å². The number of nitrogens with zero attached hydrogens (tertiary/aromatic N) is 2. The van der Waals surface area contributed by atoms with E-state index >= 15 is 0 Å². The lowest BCUT2D eigenvalue weighted by molar-refractivity contribution is 0.165. The van der Waals surface area contributed by atoms with E-state index in [0.29, 0.717) is 13.2 Å². The molecule has 0 aliphatic carbocycles. The van der Waals surface area contributed by atoms with Crippen molar-refractivity contribution in [2.75, 3.05) is 20.2 Å². The largest absolute Gasteiger partial charge is 0.488 e. The predicted molar refractivity (Wildman–Crippen MR) is 83.3 cm³/mol. The third-order valence-corrected chi connectivity index (χ3v) is 4.17. The minimum absolute atomic E-state index is 0.147. The number of hydrogen-bond donors (Lipinski definition) is 2. The maximum atomic E-state index is 12.6. The summed E-state index contributed by atoms with van der Waals surface area (Å²) in [5, 5.41) is 3.17. The number of likely N-dealkylation sites (N-methyl/N-ethyl adjacent to an activating group) is 1. The Morgan fingerprint density at radius 2 is 2.27 bits per heavy atom. The average Bonchev–Trinajstić information content (AvgIpc) is 2.90. The molecule has 1 atom stereocenters. The van der Waals surface area contributed by atoms with Crippen molar-refractivity contribution in [3.8, 4) is 5.75 Å². The standard InChI is InChI=1S/C16H16N4O2/c1-17-9-16(13-7-2-3-8-18-13)10-22-12-6-4-5-11-14(12)20(16)15(21)19-11/h2-8,17H,9-10H2,1H3,(H,19,21). The maximum absolute atomic E-state index is 12.6. The van der Waals surface area contributed by atoms with Crippen LogP contribution in [0.1, 0.15) is 5.69 Å². The Morgan fingerprint density at radius 3 is 3.05 bits per heavy atom. The first-order valence-electron chi connectivity index (χ1n) is 7.19. The first-order chi connectivity index (χ1) is 10.8. The highest BCUT2D eigenvalue weighted by Gasteiger charge is 2.42. The molecule has 0 saturated heterocycles. The van der Waals surface area contributed by atoms with Crippen molar-refractivity contribution in [1.82, 2.24) is 19.9 Å². The second-order valence-electron chi connectivity index (χ2n) is 5.48. The minimum atomic E-state index is -0.667. The SMILES string of the molecule is CNCC1(c2ccccn2)COc2cccc3[nH]c(=O)n1c23. The second kappa shape index (κ2) is 4.71. The quantitative estimate of drug-likeness (QED) is 0.758. The molecule has 1 aromatic carbocycles. The van der Waals surface area contributed by atoms with Crippen LogP contribution in [0.2, 0.25) is 0 Å². The van der Waals surface area contributed by atoms with Crippen LogP contribution in [0.5, 0.6) is 5.75 Å². The zero-order valence-electron chi connectivity index (χ0n) is 12.2. The van der Waals surface area contributed by atoms with E-state index in [4.69, 9.17) is 4.74 Å². The van der Waals surface area contributed by atoms with E-state index in [0.717, 1.165) is 22.5 Å². The van der Waals surface area contributed by atoms with Gasteiger partial charge in [-0.15, -0.1) is 0 Å². The Hall–Kier alpha value is -2.60. The molecule has 112 valence electrons. The van der Waals surface area contributed by atoms with E-state index in [1.165, 1.54) is 0 Å². The van der Waals surface area contributed by atoms with Crippen LogP contribution in [-0.2, 0) is 5.54 Å². The molecule has 1 unspecified atom stereocenters. The van der Waals surface area contributed by atoms with Crippen LogP contribution in [0.15, 0.2) is 47.4 Å². The van der Waals surface area contributed by atoms with Crippen molar-refractivity contribution in [3.63, 3.8) is 0 Å².